The summed E-state index contributed by atoms with van der Waals surface area (Å²) in [7, 11) is 1.65. The summed E-state index contributed by atoms with van der Waals surface area (Å²) in [6, 6.07) is 3.68. The molecule has 0 saturated carbocycles. The third kappa shape index (κ3) is 3.98. The molecule has 0 aromatic carbocycles. The molecule has 0 unspecified atom stereocenters. The van der Waals surface area contributed by atoms with Crippen molar-refractivity contribution >= 4 is 5.91 Å². The van der Waals surface area contributed by atoms with Crippen molar-refractivity contribution in [1.82, 2.24) is 10.3 Å². The summed E-state index contributed by atoms with van der Waals surface area (Å²) in [6.45, 7) is 3.33. The van der Waals surface area contributed by atoms with E-state index in [1.165, 1.54) is 0 Å². The fourth-order valence-electron chi connectivity index (χ4n) is 1.28. The number of aryl methyl sites for hydroxylation is 1. The Morgan fingerprint density at radius 3 is 2.88 bits per heavy atom. The number of pyridine rings is 1. The van der Waals surface area contributed by atoms with E-state index < -0.39 is 0 Å². The summed E-state index contributed by atoms with van der Waals surface area (Å²) < 4.78 is 4.89. The Hall–Kier alpha value is -1.42. The molecule has 0 aliphatic carbocycles. The molecule has 0 saturated heterocycles. The van der Waals surface area contributed by atoms with Crippen molar-refractivity contribution in [2.75, 3.05) is 20.3 Å². The van der Waals surface area contributed by atoms with Gasteiger partial charge >= 0.3 is 0 Å². The molecular formula is C12H18N2O2. The van der Waals surface area contributed by atoms with E-state index in [1.807, 2.05) is 6.07 Å². The number of nitrogens with one attached hydrogen (secondary N) is 1. The van der Waals surface area contributed by atoms with Crippen LogP contribution in [-0.4, -0.2) is 31.2 Å². The van der Waals surface area contributed by atoms with Crippen molar-refractivity contribution in [2.24, 2.45) is 0 Å². The smallest absolute Gasteiger partial charge is 0.269 e. The Balaban J connectivity index is 2.40. The summed E-state index contributed by atoms with van der Waals surface area (Å²) in [5.74, 6) is -0.126. The number of nitrogens with zero attached hydrogens (tertiary/aromatic N) is 1. The Morgan fingerprint density at radius 1 is 1.50 bits per heavy atom. The molecule has 16 heavy (non-hydrogen) atoms. The average Bonchev–Trinajstić information content (AvgIpc) is 2.34. The minimum Gasteiger partial charge on any atom is -0.385 e. The summed E-state index contributed by atoms with van der Waals surface area (Å²) in [4.78, 5) is 15.7. The lowest BCUT2D eigenvalue weighted by molar-refractivity contribution is 0.0943. The van der Waals surface area contributed by atoms with Crippen molar-refractivity contribution in [3.63, 3.8) is 0 Å². The van der Waals surface area contributed by atoms with Crippen LogP contribution in [0.2, 0.25) is 0 Å². The van der Waals surface area contributed by atoms with Gasteiger partial charge in [0.05, 0.1) is 0 Å². The van der Waals surface area contributed by atoms with Crippen LogP contribution in [0.25, 0.3) is 0 Å². The number of amides is 1. The fraction of sp³-hybridized carbons (Fsp3) is 0.500. The number of carbonyl (C=O) groups is 1. The number of carbonyl (C=O) groups excluding carboxylic acids is 1. The van der Waals surface area contributed by atoms with Crippen LogP contribution in [-0.2, 0) is 11.2 Å². The molecule has 0 aliphatic heterocycles. The van der Waals surface area contributed by atoms with Gasteiger partial charge in [0.1, 0.15) is 5.69 Å². The van der Waals surface area contributed by atoms with E-state index in [-0.39, 0.29) is 5.91 Å². The van der Waals surface area contributed by atoms with Gasteiger partial charge in [-0.2, -0.15) is 0 Å². The topological polar surface area (TPSA) is 51.2 Å². The predicted octanol–water partition coefficient (Wildman–Crippen LogP) is 1.41. The molecule has 1 N–H and O–H groups in total. The zero-order valence-corrected chi connectivity index (χ0v) is 9.82. The van der Waals surface area contributed by atoms with E-state index in [0.717, 1.165) is 18.4 Å². The Labute approximate surface area is 96.0 Å². The van der Waals surface area contributed by atoms with Crippen LogP contribution in [0.4, 0.5) is 0 Å². The molecule has 0 aliphatic rings. The monoisotopic (exact) mass is 222 g/mol. The largest absolute Gasteiger partial charge is 0.385 e. The van der Waals surface area contributed by atoms with Gasteiger partial charge in [-0.15, -0.1) is 0 Å². The Bertz CT molecular complexity index is 322. The number of hydrogen-bond acceptors (Lipinski definition) is 3. The molecule has 4 nitrogen and oxygen atoms in total. The highest BCUT2D eigenvalue weighted by Gasteiger charge is 2.05. The van der Waals surface area contributed by atoms with E-state index in [2.05, 4.69) is 17.2 Å². The lowest BCUT2D eigenvalue weighted by atomic mass is 10.2. The van der Waals surface area contributed by atoms with Crippen molar-refractivity contribution < 1.29 is 9.53 Å². The molecule has 1 amide bonds. The summed E-state index contributed by atoms with van der Waals surface area (Å²) in [6.07, 6.45) is 3.49. The zero-order chi connectivity index (χ0) is 11.8. The van der Waals surface area contributed by atoms with Crippen molar-refractivity contribution in [3.8, 4) is 0 Å². The highest BCUT2D eigenvalue weighted by atomic mass is 16.5. The van der Waals surface area contributed by atoms with Crippen molar-refractivity contribution in [1.29, 1.82) is 0 Å². The van der Waals surface area contributed by atoms with Crippen molar-refractivity contribution in [3.05, 3.63) is 29.6 Å². The highest BCUT2D eigenvalue weighted by Crippen LogP contribution is 2.00. The number of rotatable bonds is 6. The van der Waals surface area contributed by atoms with Crippen LogP contribution >= 0.6 is 0 Å². The lowest BCUT2D eigenvalue weighted by Gasteiger charge is -2.04. The standard InChI is InChI=1S/C12H18N2O2/c1-3-10-5-6-11(14-9-10)12(15)13-7-4-8-16-2/h5-6,9H,3-4,7-8H2,1-2H3,(H,13,15). The molecule has 0 radical (unpaired) electrons. The van der Waals surface area contributed by atoms with Gasteiger partial charge in [0.15, 0.2) is 0 Å². The second-order valence-electron chi connectivity index (χ2n) is 3.51. The summed E-state index contributed by atoms with van der Waals surface area (Å²) in [5.41, 5.74) is 1.60. The number of ether oxygens (including phenoxy) is 1. The molecule has 0 fully saturated rings. The first kappa shape index (κ1) is 12.6. The molecule has 0 atom stereocenters. The predicted molar refractivity (Wildman–Crippen MR) is 62.4 cm³/mol. The van der Waals surface area contributed by atoms with Gasteiger partial charge in [-0.3, -0.25) is 9.78 Å². The lowest BCUT2D eigenvalue weighted by Crippen LogP contribution is -2.26. The number of hydrogen-bond donors (Lipinski definition) is 1. The number of aromatic nitrogens is 1. The van der Waals surface area contributed by atoms with Gasteiger partial charge in [0.25, 0.3) is 5.91 Å². The van der Waals surface area contributed by atoms with Crippen LogP contribution in [0, 0.1) is 0 Å². The Morgan fingerprint density at radius 2 is 2.31 bits per heavy atom. The average molecular weight is 222 g/mol. The minimum atomic E-state index is -0.126. The van der Waals surface area contributed by atoms with Gasteiger partial charge in [0, 0.05) is 26.5 Å². The molecular weight excluding hydrogens is 204 g/mol. The molecule has 1 aromatic heterocycles. The van der Waals surface area contributed by atoms with Gasteiger partial charge in [-0.25, -0.2) is 0 Å². The van der Waals surface area contributed by atoms with E-state index in [9.17, 15) is 4.79 Å². The van der Waals surface area contributed by atoms with Gasteiger partial charge < -0.3 is 10.1 Å². The third-order valence-corrected chi connectivity index (χ3v) is 2.28. The Kier molecular flexibility index (Phi) is 5.50. The maximum atomic E-state index is 11.6. The summed E-state index contributed by atoms with van der Waals surface area (Å²) in [5, 5.41) is 2.79. The van der Waals surface area contributed by atoms with Gasteiger partial charge in [-0.1, -0.05) is 13.0 Å². The van der Waals surface area contributed by atoms with Crippen molar-refractivity contribution in [2.45, 2.75) is 19.8 Å². The third-order valence-electron chi connectivity index (χ3n) is 2.28. The van der Waals surface area contributed by atoms with E-state index >= 15 is 0 Å². The van der Waals surface area contributed by atoms with Crippen LogP contribution in [0.15, 0.2) is 18.3 Å². The van der Waals surface area contributed by atoms with Crippen LogP contribution in [0.3, 0.4) is 0 Å². The SMILES string of the molecule is CCc1ccc(C(=O)NCCCOC)nc1. The maximum Gasteiger partial charge on any atom is 0.269 e. The van der Waals surface area contributed by atoms with Gasteiger partial charge in [-0.05, 0) is 24.5 Å². The second-order valence-corrected chi connectivity index (χ2v) is 3.51. The van der Waals surface area contributed by atoms with Crippen LogP contribution in [0.5, 0.6) is 0 Å². The zero-order valence-electron chi connectivity index (χ0n) is 9.82. The summed E-state index contributed by atoms with van der Waals surface area (Å²) >= 11 is 0. The maximum absolute atomic E-state index is 11.6. The first-order valence-corrected chi connectivity index (χ1v) is 5.50. The minimum absolute atomic E-state index is 0.126. The molecule has 0 spiro atoms. The normalized spacial score (nSPS) is 10.1. The van der Waals surface area contributed by atoms with Crippen LogP contribution in [0.1, 0.15) is 29.4 Å². The van der Waals surface area contributed by atoms with Crippen LogP contribution < -0.4 is 5.32 Å². The molecule has 88 valence electrons. The highest BCUT2D eigenvalue weighted by molar-refractivity contribution is 5.92. The van der Waals surface area contributed by atoms with E-state index in [1.54, 1.807) is 19.4 Å². The van der Waals surface area contributed by atoms with Gasteiger partial charge in [0.2, 0.25) is 0 Å². The molecule has 1 rings (SSSR count). The molecule has 4 heteroatoms. The quantitative estimate of drug-likeness (QED) is 0.740. The second kappa shape index (κ2) is 6.95. The first-order valence-electron chi connectivity index (χ1n) is 5.50. The number of methoxy groups -OCH3 is 1. The van der Waals surface area contributed by atoms with E-state index in [0.29, 0.717) is 18.8 Å². The fourth-order valence-corrected chi connectivity index (χ4v) is 1.28. The molecule has 1 heterocycles. The first-order chi connectivity index (χ1) is 7.77. The molecule has 1 aromatic rings. The molecule has 0 bridgehead atoms. The van der Waals surface area contributed by atoms with E-state index in [4.69, 9.17) is 4.74 Å².